The monoisotopic (exact) mass is 495 g/mol. The molecule has 2 rings (SSSR count). The van der Waals surface area contributed by atoms with Crippen molar-refractivity contribution in [3.05, 3.63) is 65.7 Å². The number of anilines is 1. The van der Waals surface area contributed by atoms with Crippen molar-refractivity contribution in [2.45, 2.75) is 39.2 Å². The van der Waals surface area contributed by atoms with E-state index in [1.165, 1.54) is 4.90 Å². The van der Waals surface area contributed by atoms with Crippen molar-refractivity contribution < 1.29 is 26.8 Å². The predicted molar refractivity (Wildman–Crippen MR) is 128 cm³/mol. The Morgan fingerprint density at radius 2 is 1.74 bits per heavy atom. The van der Waals surface area contributed by atoms with E-state index in [1.807, 2.05) is 37.3 Å². The lowest BCUT2D eigenvalue weighted by atomic mass is 10.1. The molecule has 0 fully saturated rings. The highest BCUT2D eigenvalue weighted by atomic mass is 32.2. The lowest BCUT2D eigenvalue weighted by Crippen LogP contribution is -2.52. The van der Waals surface area contributed by atoms with E-state index in [0.29, 0.717) is 17.3 Å². The zero-order valence-electron chi connectivity index (χ0n) is 19.6. The van der Waals surface area contributed by atoms with Crippen molar-refractivity contribution in [1.29, 1.82) is 0 Å². The average molecular weight is 496 g/mol. The molecule has 0 radical (unpaired) electrons. The molecule has 186 valence electrons. The number of rotatable bonds is 12. The molecule has 0 aliphatic heterocycles. The molecule has 0 spiro atoms. The van der Waals surface area contributed by atoms with Crippen LogP contribution in [-0.2, 0) is 26.0 Å². The molecule has 0 bridgehead atoms. The number of sulfonamides is 1. The Morgan fingerprint density at radius 3 is 2.32 bits per heavy atom. The van der Waals surface area contributed by atoms with E-state index < -0.39 is 40.2 Å². The van der Waals surface area contributed by atoms with Crippen LogP contribution >= 0.6 is 0 Å². The molecular weight excluding hydrogens is 464 g/mol. The molecule has 34 heavy (non-hydrogen) atoms. The molecule has 0 saturated carbocycles. The third kappa shape index (κ3) is 7.79. The number of amides is 2. The molecule has 0 aliphatic carbocycles. The maximum absolute atomic E-state index is 13.8. The minimum absolute atomic E-state index is 0.167. The molecule has 0 aliphatic rings. The highest BCUT2D eigenvalue weighted by Crippen LogP contribution is 2.21. The van der Waals surface area contributed by atoms with E-state index in [1.54, 1.807) is 6.92 Å². The number of carbonyl (C=O) groups is 2. The standard InChI is InChI=1S/C24H31F2N3O4S/c1-4-5-14-27-24(31)18(2)28(15-13-19-9-7-6-8-10-19)23(30)17-29(34(3,32)33)20-11-12-21(25)22(26)16-20/h6-12,16,18H,4-5,13-15,17H2,1-3H3,(H,27,31)/t18-/m1/s1. The number of benzene rings is 2. The van der Waals surface area contributed by atoms with Crippen LogP contribution in [0.2, 0.25) is 0 Å². The molecule has 0 saturated heterocycles. The topological polar surface area (TPSA) is 86.8 Å². The molecule has 10 heteroatoms. The number of nitrogens with one attached hydrogen (secondary N) is 1. The lowest BCUT2D eigenvalue weighted by Gasteiger charge is -2.31. The lowest BCUT2D eigenvalue weighted by molar-refractivity contribution is -0.138. The number of unbranched alkanes of at least 4 members (excludes halogenated alkanes) is 1. The molecule has 2 amide bonds. The quantitative estimate of drug-likeness (QED) is 0.459. The van der Waals surface area contributed by atoms with Crippen LogP contribution in [0, 0.1) is 11.6 Å². The van der Waals surface area contributed by atoms with Gasteiger partial charge in [0.05, 0.1) is 11.9 Å². The summed E-state index contributed by atoms with van der Waals surface area (Å²) in [6.07, 6.45) is 3.00. The van der Waals surface area contributed by atoms with E-state index >= 15 is 0 Å². The van der Waals surface area contributed by atoms with Gasteiger partial charge in [0.15, 0.2) is 11.6 Å². The Kier molecular flexibility index (Phi) is 9.97. The van der Waals surface area contributed by atoms with Crippen LogP contribution in [0.15, 0.2) is 48.5 Å². The summed E-state index contributed by atoms with van der Waals surface area (Å²) in [6, 6.07) is 11.1. The van der Waals surface area contributed by atoms with Crippen LogP contribution in [0.5, 0.6) is 0 Å². The maximum atomic E-state index is 13.8. The van der Waals surface area contributed by atoms with Crippen molar-refractivity contribution in [3.63, 3.8) is 0 Å². The number of hydrogen-bond donors (Lipinski definition) is 1. The summed E-state index contributed by atoms with van der Waals surface area (Å²) in [6.45, 7) is 3.53. The minimum Gasteiger partial charge on any atom is -0.354 e. The highest BCUT2D eigenvalue weighted by molar-refractivity contribution is 7.92. The van der Waals surface area contributed by atoms with Gasteiger partial charge in [-0.05, 0) is 37.5 Å². The van der Waals surface area contributed by atoms with Crippen molar-refractivity contribution in [1.82, 2.24) is 10.2 Å². The van der Waals surface area contributed by atoms with E-state index in [4.69, 9.17) is 0 Å². The summed E-state index contributed by atoms with van der Waals surface area (Å²) in [5.41, 5.74) is 0.761. The number of halogens is 2. The van der Waals surface area contributed by atoms with Gasteiger partial charge in [0.1, 0.15) is 12.6 Å². The first-order valence-corrected chi connectivity index (χ1v) is 12.9. The zero-order chi connectivity index (χ0) is 25.3. The van der Waals surface area contributed by atoms with Gasteiger partial charge in [-0.3, -0.25) is 13.9 Å². The van der Waals surface area contributed by atoms with Gasteiger partial charge in [-0.15, -0.1) is 0 Å². The SMILES string of the molecule is CCCCNC(=O)[C@@H](C)N(CCc1ccccc1)C(=O)CN(c1ccc(F)c(F)c1)S(C)(=O)=O. The van der Waals surface area contributed by atoms with Gasteiger partial charge in [0, 0.05) is 19.2 Å². The number of hydrogen-bond acceptors (Lipinski definition) is 4. The van der Waals surface area contributed by atoms with Crippen LogP contribution in [-0.4, -0.2) is 57.1 Å². The van der Waals surface area contributed by atoms with E-state index in [2.05, 4.69) is 5.32 Å². The molecule has 2 aromatic carbocycles. The smallest absolute Gasteiger partial charge is 0.244 e. The molecule has 1 atom stereocenters. The Bertz CT molecular complexity index is 1080. The molecule has 2 aromatic rings. The van der Waals surface area contributed by atoms with Crippen LogP contribution < -0.4 is 9.62 Å². The summed E-state index contributed by atoms with van der Waals surface area (Å²) in [7, 11) is -4.01. The largest absolute Gasteiger partial charge is 0.354 e. The zero-order valence-corrected chi connectivity index (χ0v) is 20.4. The average Bonchev–Trinajstić information content (AvgIpc) is 2.79. The fourth-order valence-corrected chi connectivity index (χ4v) is 4.20. The molecule has 0 heterocycles. The van der Waals surface area contributed by atoms with Gasteiger partial charge in [0.25, 0.3) is 0 Å². The van der Waals surface area contributed by atoms with Crippen LogP contribution in [0.4, 0.5) is 14.5 Å². The Balaban J connectivity index is 2.29. The minimum atomic E-state index is -4.01. The molecule has 7 nitrogen and oxygen atoms in total. The van der Waals surface area contributed by atoms with Crippen molar-refractivity contribution >= 4 is 27.5 Å². The van der Waals surface area contributed by atoms with Gasteiger partial charge in [-0.1, -0.05) is 43.7 Å². The summed E-state index contributed by atoms with van der Waals surface area (Å²) >= 11 is 0. The third-order valence-electron chi connectivity index (χ3n) is 5.35. The second kappa shape index (κ2) is 12.5. The van der Waals surface area contributed by atoms with Crippen molar-refractivity contribution in [2.75, 3.05) is 30.2 Å². The van der Waals surface area contributed by atoms with E-state index in [0.717, 1.165) is 42.9 Å². The second-order valence-corrected chi connectivity index (χ2v) is 9.92. The second-order valence-electron chi connectivity index (χ2n) is 8.01. The highest BCUT2D eigenvalue weighted by Gasteiger charge is 2.30. The predicted octanol–water partition coefficient (Wildman–Crippen LogP) is 3.11. The molecule has 1 N–H and O–H groups in total. The fraction of sp³-hybridized carbons (Fsp3) is 0.417. The summed E-state index contributed by atoms with van der Waals surface area (Å²) in [5.74, 6) is -3.36. The fourth-order valence-electron chi connectivity index (χ4n) is 3.36. The van der Waals surface area contributed by atoms with Gasteiger partial charge >= 0.3 is 0 Å². The molecule has 0 unspecified atom stereocenters. The first-order valence-electron chi connectivity index (χ1n) is 11.1. The maximum Gasteiger partial charge on any atom is 0.244 e. The third-order valence-corrected chi connectivity index (χ3v) is 6.49. The summed E-state index contributed by atoms with van der Waals surface area (Å²) < 4.78 is 52.6. The van der Waals surface area contributed by atoms with E-state index in [-0.39, 0.29) is 18.1 Å². The van der Waals surface area contributed by atoms with Gasteiger partial charge in [-0.2, -0.15) is 0 Å². The molecular formula is C24H31F2N3O4S. The van der Waals surface area contributed by atoms with Gasteiger partial charge in [-0.25, -0.2) is 17.2 Å². The van der Waals surface area contributed by atoms with Crippen LogP contribution in [0.3, 0.4) is 0 Å². The van der Waals surface area contributed by atoms with Crippen LogP contribution in [0.1, 0.15) is 32.3 Å². The van der Waals surface area contributed by atoms with Crippen LogP contribution in [0.25, 0.3) is 0 Å². The first kappa shape index (κ1) is 27.2. The first-order chi connectivity index (χ1) is 16.0. The van der Waals surface area contributed by atoms with Crippen molar-refractivity contribution in [3.8, 4) is 0 Å². The summed E-state index contributed by atoms with van der Waals surface area (Å²) in [4.78, 5) is 27.3. The number of nitrogens with zero attached hydrogens (tertiary/aromatic N) is 2. The number of carbonyl (C=O) groups excluding carboxylic acids is 2. The Morgan fingerprint density at radius 1 is 1.06 bits per heavy atom. The van der Waals surface area contributed by atoms with Crippen molar-refractivity contribution in [2.24, 2.45) is 0 Å². The van der Waals surface area contributed by atoms with Gasteiger partial charge < -0.3 is 10.2 Å². The molecule has 0 aromatic heterocycles. The Labute approximate surface area is 199 Å². The normalized spacial score (nSPS) is 12.1. The summed E-state index contributed by atoms with van der Waals surface area (Å²) in [5, 5.41) is 2.79. The van der Waals surface area contributed by atoms with E-state index in [9.17, 15) is 26.8 Å². The Hall–Kier alpha value is -3.01. The van der Waals surface area contributed by atoms with Gasteiger partial charge in [0.2, 0.25) is 21.8 Å².